The molecule has 0 aromatic heterocycles. The Morgan fingerprint density at radius 3 is 2.07 bits per heavy atom. The molecule has 1 atom stereocenters. The van der Waals surface area contributed by atoms with Crippen LogP contribution in [0.1, 0.15) is 20.3 Å². The molecule has 1 aromatic carbocycles. The highest BCUT2D eigenvalue weighted by Gasteiger charge is 2.03. The molecule has 0 unspecified atom stereocenters. The van der Waals surface area contributed by atoms with Crippen LogP contribution in [0.15, 0.2) is 18.2 Å². The van der Waals surface area contributed by atoms with E-state index in [2.05, 4.69) is 19.2 Å². The molecule has 15 heavy (non-hydrogen) atoms. The van der Waals surface area contributed by atoms with Gasteiger partial charge < -0.3 is 14.8 Å². The van der Waals surface area contributed by atoms with Crippen molar-refractivity contribution in [3.63, 3.8) is 0 Å². The van der Waals surface area contributed by atoms with Gasteiger partial charge in [0.2, 0.25) is 0 Å². The number of hydrogen-bond acceptors (Lipinski definition) is 3. The summed E-state index contributed by atoms with van der Waals surface area (Å²) in [5, 5.41) is 3.38. The van der Waals surface area contributed by atoms with Crippen molar-refractivity contribution in [1.29, 1.82) is 0 Å². The Labute approximate surface area is 91.4 Å². The summed E-state index contributed by atoms with van der Waals surface area (Å²) in [6.07, 6.45) is 1.08. The third-order valence-electron chi connectivity index (χ3n) is 2.38. The Morgan fingerprint density at radius 1 is 1.13 bits per heavy atom. The van der Waals surface area contributed by atoms with Crippen molar-refractivity contribution in [2.75, 3.05) is 19.5 Å². The Kier molecular flexibility index (Phi) is 4.28. The van der Waals surface area contributed by atoms with Crippen molar-refractivity contribution in [3.05, 3.63) is 18.2 Å². The van der Waals surface area contributed by atoms with E-state index in [0.717, 1.165) is 23.6 Å². The standard InChI is InChI=1S/C12H19NO2/c1-5-9(2)13-10-6-11(14-3)8-12(7-10)15-4/h6-9,13H,5H2,1-4H3/t9-/m1/s1. The zero-order chi connectivity index (χ0) is 11.3. The number of benzene rings is 1. The molecule has 0 spiro atoms. The smallest absolute Gasteiger partial charge is 0.124 e. The van der Waals surface area contributed by atoms with E-state index in [1.54, 1.807) is 14.2 Å². The van der Waals surface area contributed by atoms with Gasteiger partial charge in [-0.05, 0) is 13.3 Å². The molecule has 0 saturated carbocycles. The minimum absolute atomic E-state index is 0.446. The van der Waals surface area contributed by atoms with Crippen LogP contribution in [-0.2, 0) is 0 Å². The van der Waals surface area contributed by atoms with Crippen molar-refractivity contribution in [2.45, 2.75) is 26.3 Å². The second kappa shape index (κ2) is 5.49. The predicted molar refractivity (Wildman–Crippen MR) is 62.9 cm³/mol. The quantitative estimate of drug-likeness (QED) is 0.808. The lowest BCUT2D eigenvalue weighted by atomic mass is 10.2. The molecule has 3 nitrogen and oxygen atoms in total. The first-order chi connectivity index (χ1) is 7.19. The molecule has 0 fully saturated rings. The molecule has 1 aromatic rings. The summed E-state index contributed by atoms with van der Waals surface area (Å²) in [5.41, 5.74) is 1.03. The van der Waals surface area contributed by atoms with E-state index in [4.69, 9.17) is 9.47 Å². The molecule has 0 radical (unpaired) electrons. The molecule has 0 heterocycles. The molecule has 84 valence electrons. The zero-order valence-corrected chi connectivity index (χ0v) is 9.83. The van der Waals surface area contributed by atoms with Crippen LogP contribution in [-0.4, -0.2) is 20.3 Å². The first kappa shape index (κ1) is 11.7. The second-order valence-corrected chi connectivity index (χ2v) is 3.55. The van der Waals surface area contributed by atoms with Crippen LogP contribution in [0.5, 0.6) is 11.5 Å². The van der Waals surface area contributed by atoms with Crippen LogP contribution >= 0.6 is 0 Å². The van der Waals surface area contributed by atoms with E-state index in [0.29, 0.717) is 6.04 Å². The predicted octanol–water partition coefficient (Wildman–Crippen LogP) is 2.91. The summed E-state index contributed by atoms with van der Waals surface area (Å²) in [4.78, 5) is 0. The molecule has 0 aliphatic rings. The summed E-state index contributed by atoms with van der Waals surface area (Å²) < 4.78 is 10.4. The van der Waals surface area contributed by atoms with Gasteiger partial charge in [-0.2, -0.15) is 0 Å². The molecule has 0 aliphatic carbocycles. The maximum absolute atomic E-state index is 5.19. The van der Waals surface area contributed by atoms with E-state index in [1.807, 2.05) is 18.2 Å². The van der Waals surface area contributed by atoms with Crippen molar-refractivity contribution >= 4 is 5.69 Å². The fraction of sp³-hybridized carbons (Fsp3) is 0.500. The van der Waals surface area contributed by atoms with Gasteiger partial charge in [-0.3, -0.25) is 0 Å². The lowest BCUT2D eigenvalue weighted by Crippen LogP contribution is -2.13. The molecule has 0 saturated heterocycles. The number of rotatable bonds is 5. The lowest BCUT2D eigenvalue weighted by molar-refractivity contribution is 0.394. The fourth-order valence-electron chi connectivity index (χ4n) is 1.28. The number of methoxy groups -OCH3 is 2. The van der Waals surface area contributed by atoms with E-state index in [1.165, 1.54) is 0 Å². The van der Waals surface area contributed by atoms with Crippen LogP contribution in [0, 0.1) is 0 Å². The monoisotopic (exact) mass is 209 g/mol. The van der Waals surface area contributed by atoms with Crippen LogP contribution in [0.2, 0.25) is 0 Å². The van der Waals surface area contributed by atoms with E-state index in [-0.39, 0.29) is 0 Å². The van der Waals surface area contributed by atoms with Crippen LogP contribution in [0.4, 0.5) is 5.69 Å². The van der Waals surface area contributed by atoms with Gasteiger partial charge in [0.1, 0.15) is 11.5 Å². The summed E-state index contributed by atoms with van der Waals surface area (Å²) in [7, 11) is 3.31. The normalized spacial score (nSPS) is 12.0. The Bertz CT molecular complexity index is 290. The van der Waals surface area contributed by atoms with Gasteiger partial charge in [-0.1, -0.05) is 6.92 Å². The largest absolute Gasteiger partial charge is 0.497 e. The van der Waals surface area contributed by atoms with Gasteiger partial charge in [-0.25, -0.2) is 0 Å². The molecule has 0 aliphatic heterocycles. The van der Waals surface area contributed by atoms with Crippen molar-refractivity contribution in [2.24, 2.45) is 0 Å². The summed E-state index contributed by atoms with van der Waals surface area (Å²) >= 11 is 0. The minimum Gasteiger partial charge on any atom is -0.497 e. The summed E-state index contributed by atoms with van der Waals surface area (Å²) in [6.45, 7) is 4.29. The van der Waals surface area contributed by atoms with Gasteiger partial charge in [0.25, 0.3) is 0 Å². The van der Waals surface area contributed by atoms with Crippen LogP contribution < -0.4 is 14.8 Å². The minimum atomic E-state index is 0.446. The highest BCUT2D eigenvalue weighted by Crippen LogP contribution is 2.26. The van der Waals surface area contributed by atoms with Crippen LogP contribution in [0.3, 0.4) is 0 Å². The van der Waals surface area contributed by atoms with Crippen molar-refractivity contribution in [1.82, 2.24) is 0 Å². The third kappa shape index (κ3) is 3.35. The molecule has 0 amide bonds. The first-order valence-corrected chi connectivity index (χ1v) is 5.19. The Morgan fingerprint density at radius 2 is 1.67 bits per heavy atom. The summed E-state index contributed by atoms with van der Waals surface area (Å²) in [6, 6.07) is 6.24. The fourth-order valence-corrected chi connectivity index (χ4v) is 1.28. The molecule has 3 heteroatoms. The van der Waals surface area contributed by atoms with Crippen molar-refractivity contribution < 1.29 is 9.47 Å². The Balaban J connectivity index is 2.86. The molecular formula is C12H19NO2. The lowest BCUT2D eigenvalue weighted by Gasteiger charge is -2.15. The van der Waals surface area contributed by atoms with Gasteiger partial charge in [0.15, 0.2) is 0 Å². The first-order valence-electron chi connectivity index (χ1n) is 5.19. The number of nitrogens with one attached hydrogen (secondary N) is 1. The maximum Gasteiger partial charge on any atom is 0.124 e. The third-order valence-corrected chi connectivity index (χ3v) is 2.38. The number of hydrogen-bond donors (Lipinski definition) is 1. The SMILES string of the molecule is CC[C@@H](C)Nc1cc(OC)cc(OC)c1. The van der Waals surface area contributed by atoms with Crippen LogP contribution in [0.25, 0.3) is 0 Å². The van der Waals surface area contributed by atoms with Gasteiger partial charge >= 0.3 is 0 Å². The second-order valence-electron chi connectivity index (χ2n) is 3.55. The molecule has 0 bridgehead atoms. The molecular weight excluding hydrogens is 190 g/mol. The number of anilines is 1. The van der Waals surface area contributed by atoms with E-state index in [9.17, 15) is 0 Å². The highest BCUT2D eigenvalue weighted by atomic mass is 16.5. The number of ether oxygens (including phenoxy) is 2. The van der Waals surface area contributed by atoms with E-state index >= 15 is 0 Å². The molecule has 1 rings (SSSR count). The highest BCUT2D eigenvalue weighted by molar-refractivity contribution is 5.54. The van der Waals surface area contributed by atoms with Crippen molar-refractivity contribution in [3.8, 4) is 11.5 Å². The van der Waals surface area contributed by atoms with Gasteiger partial charge in [-0.15, -0.1) is 0 Å². The van der Waals surface area contributed by atoms with E-state index < -0.39 is 0 Å². The maximum atomic E-state index is 5.19. The Hall–Kier alpha value is -1.38. The average Bonchev–Trinajstić information content (AvgIpc) is 2.28. The van der Waals surface area contributed by atoms with Gasteiger partial charge in [0, 0.05) is 29.9 Å². The molecule has 1 N–H and O–H groups in total. The summed E-state index contributed by atoms with van der Waals surface area (Å²) in [5.74, 6) is 1.61. The van der Waals surface area contributed by atoms with Gasteiger partial charge in [0.05, 0.1) is 14.2 Å². The zero-order valence-electron chi connectivity index (χ0n) is 9.83. The topological polar surface area (TPSA) is 30.5 Å². The average molecular weight is 209 g/mol.